The van der Waals surface area contributed by atoms with Crippen molar-refractivity contribution in [3.05, 3.63) is 82.4 Å². The van der Waals surface area contributed by atoms with E-state index in [1.54, 1.807) is 18.3 Å². The first kappa shape index (κ1) is 20.0. The number of hydrogen-bond acceptors (Lipinski definition) is 5. The fraction of sp³-hybridized carbons (Fsp3) is 0.273. The number of nitro benzene ring substituents is 1. The first-order valence-corrected chi connectivity index (χ1v) is 10.2. The van der Waals surface area contributed by atoms with Gasteiger partial charge in [0, 0.05) is 30.4 Å². The summed E-state index contributed by atoms with van der Waals surface area (Å²) in [6.07, 6.45) is 1.76. The minimum Gasteiger partial charge on any atom is -0.459 e. The molecule has 8 heteroatoms. The van der Waals surface area contributed by atoms with Crippen LogP contribution in [0.5, 0.6) is 0 Å². The van der Waals surface area contributed by atoms with E-state index in [0.29, 0.717) is 22.4 Å². The van der Waals surface area contributed by atoms with E-state index in [2.05, 4.69) is 29.0 Å². The zero-order valence-electron chi connectivity index (χ0n) is 16.7. The normalized spacial score (nSPS) is 18.6. The van der Waals surface area contributed by atoms with E-state index in [1.165, 1.54) is 12.1 Å². The van der Waals surface area contributed by atoms with Crippen molar-refractivity contribution >= 4 is 23.0 Å². The number of nitrogens with zero attached hydrogens (tertiary/aromatic N) is 3. The maximum Gasteiger partial charge on any atom is 0.270 e. The van der Waals surface area contributed by atoms with Crippen LogP contribution in [0.15, 0.2) is 65.2 Å². The number of nitrogens with one attached hydrogen (secondary N) is 1. The fourth-order valence-electron chi connectivity index (χ4n) is 3.74. The van der Waals surface area contributed by atoms with Crippen LogP contribution in [0.2, 0.25) is 0 Å². The van der Waals surface area contributed by atoms with E-state index in [-0.39, 0.29) is 17.8 Å². The minimum absolute atomic E-state index is 0.0296. The summed E-state index contributed by atoms with van der Waals surface area (Å²) in [7, 11) is 0. The van der Waals surface area contributed by atoms with Gasteiger partial charge in [-0.25, -0.2) is 0 Å². The van der Waals surface area contributed by atoms with E-state index < -0.39 is 4.92 Å². The van der Waals surface area contributed by atoms with Gasteiger partial charge in [0.15, 0.2) is 5.11 Å². The molecule has 0 spiro atoms. The molecule has 2 atom stereocenters. The molecular weight excluding hydrogens is 400 g/mol. The molecule has 3 aromatic rings. The Bertz CT molecular complexity index is 1070. The highest BCUT2D eigenvalue weighted by molar-refractivity contribution is 7.80. The number of nitro groups is 1. The highest BCUT2D eigenvalue weighted by Gasteiger charge is 2.41. The zero-order chi connectivity index (χ0) is 21.3. The Kier molecular flexibility index (Phi) is 5.50. The Morgan fingerprint density at radius 3 is 2.77 bits per heavy atom. The summed E-state index contributed by atoms with van der Waals surface area (Å²) < 4.78 is 6.21. The van der Waals surface area contributed by atoms with Crippen molar-refractivity contribution in [1.82, 2.24) is 15.2 Å². The number of benzene rings is 1. The molecule has 1 saturated heterocycles. The molecule has 1 fully saturated rings. The summed E-state index contributed by atoms with van der Waals surface area (Å²) in [4.78, 5) is 17.4. The van der Waals surface area contributed by atoms with Gasteiger partial charge in [-0.15, -0.1) is 0 Å². The Labute approximate surface area is 179 Å². The smallest absolute Gasteiger partial charge is 0.270 e. The van der Waals surface area contributed by atoms with Gasteiger partial charge in [-0.1, -0.05) is 32.0 Å². The second kappa shape index (κ2) is 8.23. The summed E-state index contributed by atoms with van der Waals surface area (Å²) >= 11 is 5.63. The van der Waals surface area contributed by atoms with E-state index in [1.807, 2.05) is 30.3 Å². The van der Waals surface area contributed by atoms with Gasteiger partial charge in [-0.05, 0) is 42.4 Å². The minimum atomic E-state index is -0.409. The van der Waals surface area contributed by atoms with Crippen LogP contribution >= 0.6 is 12.2 Å². The maximum absolute atomic E-state index is 11.1. The third-order valence-electron chi connectivity index (χ3n) is 5.02. The molecule has 7 nitrogen and oxygen atoms in total. The SMILES string of the molecule is CC(C)CN1C(=S)N[C@@H](c2ccccn2)[C@H]1c1ccc(-c2cccc([N+](=O)[O-])c2)o1. The highest BCUT2D eigenvalue weighted by Crippen LogP contribution is 2.40. The fourth-order valence-corrected chi connectivity index (χ4v) is 4.06. The Morgan fingerprint density at radius 2 is 2.07 bits per heavy atom. The monoisotopic (exact) mass is 422 g/mol. The molecule has 0 amide bonds. The molecule has 4 rings (SSSR count). The number of furan rings is 1. The number of aromatic nitrogens is 1. The molecule has 1 N–H and O–H groups in total. The molecule has 30 heavy (non-hydrogen) atoms. The second-order valence-electron chi connectivity index (χ2n) is 7.68. The van der Waals surface area contributed by atoms with Crippen molar-refractivity contribution in [3.63, 3.8) is 0 Å². The molecule has 0 saturated carbocycles. The lowest BCUT2D eigenvalue weighted by Gasteiger charge is -2.27. The van der Waals surface area contributed by atoms with Crippen molar-refractivity contribution in [1.29, 1.82) is 0 Å². The van der Waals surface area contributed by atoms with Crippen LogP contribution in [0.1, 0.15) is 37.4 Å². The molecule has 0 bridgehead atoms. The van der Waals surface area contributed by atoms with Crippen LogP contribution in [-0.2, 0) is 0 Å². The van der Waals surface area contributed by atoms with E-state index in [0.717, 1.165) is 18.0 Å². The van der Waals surface area contributed by atoms with Crippen LogP contribution in [0.25, 0.3) is 11.3 Å². The average Bonchev–Trinajstić information content (AvgIpc) is 3.34. The highest BCUT2D eigenvalue weighted by atomic mass is 32.1. The van der Waals surface area contributed by atoms with Crippen LogP contribution in [0.3, 0.4) is 0 Å². The second-order valence-corrected chi connectivity index (χ2v) is 8.07. The molecule has 0 radical (unpaired) electrons. The topological polar surface area (TPSA) is 84.4 Å². The summed E-state index contributed by atoms with van der Waals surface area (Å²) in [5.74, 6) is 1.72. The van der Waals surface area contributed by atoms with E-state index in [9.17, 15) is 10.1 Å². The quantitative estimate of drug-likeness (QED) is 0.344. The van der Waals surface area contributed by atoms with Crippen molar-refractivity contribution in [3.8, 4) is 11.3 Å². The summed E-state index contributed by atoms with van der Waals surface area (Å²) in [6.45, 7) is 5.06. The number of non-ortho nitro benzene ring substituents is 1. The Balaban J connectivity index is 1.72. The molecule has 1 aliphatic heterocycles. The van der Waals surface area contributed by atoms with Gasteiger partial charge < -0.3 is 14.6 Å². The maximum atomic E-state index is 11.1. The van der Waals surface area contributed by atoms with Crippen LogP contribution < -0.4 is 5.32 Å². The van der Waals surface area contributed by atoms with Gasteiger partial charge in [0.2, 0.25) is 0 Å². The average molecular weight is 423 g/mol. The standard InChI is InChI=1S/C22H22N4O3S/c1-14(2)13-25-21(20(24-22(25)30)17-8-3-4-11-23-17)19-10-9-18(29-19)15-6-5-7-16(12-15)26(27)28/h3-12,14,20-21H,13H2,1-2H3,(H,24,30)/t20-,21+/m0/s1. The number of hydrogen-bond donors (Lipinski definition) is 1. The molecule has 1 aliphatic rings. The van der Waals surface area contributed by atoms with E-state index in [4.69, 9.17) is 16.6 Å². The van der Waals surface area contributed by atoms with Gasteiger partial charge >= 0.3 is 0 Å². The molecule has 0 unspecified atom stereocenters. The lowest BCUT2D eigenvalue weighted by Crippen LogP contribution is -2.32. The number of rotatable bonds is 6. The van der Waals surface area contributed by atoms with Crippen molar-refractivity contribution in [2.45, 2.75) is 25.9 Å². The molecule has 0 aliphatic carbocycles. The largest absolute Gasteiger partial charge is 0.459 e. The van der Waals surface area contributed by atoms with E-state index >= 15 is 0 Å². The molecule has 1 aromatic carbocycles. The van der Waals surface area contributed by atoms with Crippen molar-refractivity contribution in [2.75, 3.05) is 6.54 Å². The predicted molar refractivity (Wildman–Crippen MR) is 118 cm³/mol. The van der Waals surface area contributed by atoms with Gasteiger partial charge in [-0.3, -0.25) is 15.1 Å². The third-order valence-corrected chi connectivity index (χ3v) is 5.37. The van der Waals surface area contributed by atoms with Gasteiger partial charge in [-0.2, -0.15) is 0 Å². The van der Waals surface area contributed by atoms with Crippen molar-refractivity contribution < 1.29 is 9.34 Å². The molecule has 3 heterocycles. The summed E-state index contributed by atoms with van der Waals surface area (Å²) in [5.41, 5.74) is 1.57. The lowest BCUT2D eigenvalue weighted by atomic mass is 10.0. The van der Waals surface area contributed by atoms with Crippen LogP contribution in [0.4, 0.5) is 5.69 Å². The van der Waals surface area contributed by atoms with Crippen molar-refractivity contribution in [2.24, 2.45) is 5.92 Å². The van der Waals surface area contributed by atoms with Gasteiger partial charge in [0.05, 0.1) is 16.7 Å². The Morgan fingerprint density at radius 1 is 1.23 bits per heavy atom. The lowest BCUT2D eigenvalue weighted by molar-refractivity contribution is -0.384. The first-order chi connectivity index (χ1) is 14.4. The van der Waals surface area contributed by atoms with Crippen LogP contribution in [-0.4, -0.2) is 26.5 Å². The summed E-state index contributed by atoms with van der Waals surface area (Å²) in [6, 6.07) is 15.7. The molecular formula is C22H22N4O3S. The molecule has 154 valence electrons. The summed E-state index contributed by atoms with van der Waals surface area (Å²) in [5, 5.41) is 15.2. The number of pyridine rings is 1. The zero-order valence-corrected chi connectivity index (χ0v) is 17.5. The van der Waals surface area contributed by atoms with Gasteiger partial charge in [0.1, 0.15) is 17.6 Å². The third kappa shape index (κ3) is 3.91. The number of thiocarbonyl (C=S) groups is 1. The predicted octanol–water partition coefficient (Wildman–Crippen LogP) is 4.88. The van der Waals surface area contributed by atoms with Crippen LogP contribution in [0, 0.1) is 16.0 Å². The Hall–Kier alpha value is -3.26. The van der Waals surface area contributed by atoms with Gasteiger partial charge in [0.25, 0.3) is 5.69 Å². The molecule has 2 aromatic heterocycles. The first-order valence-electron chi connectivity index (χ1n) is 9.76.